The van der Waals surface area contributed by atoms with Crippen LogP contribution in [0.15, 0.2) is 24.3 Å². The van der Waals surface area contributed by atoms with Crippen molar-refractivity contribution in [1.82, 2.24) is 0 Å². The predicted molar refractivity (Wildman–Crippen MR) is 60.0 cm³/mol. The largest absolute Gasteiger partial charge is 0.0581 e. The molecule has 74 valence electrons. The Kier molecular flexibility index (Phi) is 3.62. The quantitative estimate of drug-likeness (QED) is 0.618. The number of rotatable bonds is 1. The Hall–Kier alpha value is -0.780. The molecular weight excluding hydrogens is 168 g/mol. The molecule has 2 radical (unpaired) electrons. The zero-order chi connectivity index (χ0) is 9.64. The van der Waals surface area contributed by atoms with Gasteiger partial charge in [0, 0.05) is 0 Å². The van der Waals surface area contributed by atoms with Gasteiger partial charge >= 0.3 is 0 Å². The maximum atomic E-state index is 3.09. The van der Waals surface area contributed by atoms with Gasteiger partial charge in [0.2, 0.25) is 0 Å². The van der Waals surface area contributed by atoms with Crippen LogP contribution in [0, 0.1) is 12.5 Å². The first-order chi connectivity index (χ1) is 6.97. The van der Waals surface area contributed by atoms with E-state index in [0.29, 0.717) is 5.92 Å². The van der Waals surface area contributed by atoms with Crippen molar-refractivity contribution in [2.24, 2.45) is 0 Å². The van der Waals surface area contributed by atoms with E-state index in [2.05, 4.69) is 24.6 Å². The molecule has 1 unspecified atom stereocenters. The Morgan fingerprint density at radius 2 is 1.79 bits per heavy atom. The molecule has 1 aliphatic rings. The lowest BCUT2D eigenvalue weighted by Gasteiger charge is -2.19. The molecule has 1 fully saturated rings. The van der Waals surface area contributed by atoms with Crippen LogP contribution in [0.3, 0.4) is 0 Å². The van der Waals surface area contributed by atoms with E-state index in [-0.39, 0.29) is 0 Å². The summed E-state index contributed by atoms with van der Waals surface area (Å²) in [7, 11) is 0. The van der Waals surface area contributed by atoms with Crippen LogP contribution in [0.1, 0.15) is 50.0 Å². The molecule has 0 spiro atoms. The molecule has 0 heterocycles. The molecule has 0 aliphatic heterocycles. The highest BCUT2D eigenvalue weighted by Gasteiger charge is 2.12. The Morgan fingerprint density at radius 1 is 1.00 bits per heavy atom. The summed E-state index contributed by atoms with van der Waals surface area (Å²) in [5.74, 6) is 0.699. The van der Waals surface area contributed by atoms with Gasteiger partial charge in [-0.1, -0.05) is 49.9 Å². The molecule has 1 aromatic carbocycles. The Balaban J connectivity index is 2.01. The first-order valence-electron chi connectivity index (χ1n) is 5.76. The Labute approximate surface area is 87.3 Å². The average Bonchev–Trinajstić information content (AvgIpc) is 2.18. The van der Waals surface area contributed by atoms with E-state index in [0.717, 1.165) is 0 Å². The van der Waals surface area contributed by atoms with Gasteiger partial charge in [-0.2, -0.15) is 0 Å². The van der Waals surface area contributed by atoms with Crippen LogP contribution >= 0.6 is 0 Å². The van der Waals surface area contributed by atoms with Gasteiger partial charge in [-0.25, -0.2) is 0 Å². The van der Waals surface area contributed by atoms with Gasteiger partial charge in [-0.3, -0.25) is 0 Å². The first-order valence-corrected chi connectivity index (χ1v) is 5.76. The van der Waals surface area contributed by atoms with Crippen molar-refractivity contribution in [3.05, 3.63) is 42.3 Å². The lowest BCUT2D eigenvalue weighted by atomic mass is 9.86. The number of hydrogen-bond donors (Lipinski definition) is 0. The van der Waals surface area contributed by atoms with Crippen LogP contribution in [0.25, 0.3) is 0 Å². The van der Waals surface area contributed by atoms with Crippen LogP contribution < -0.4 is 0 Å². The summed E-state index contributed by atoms with van der Waals surface area (Å²) in [6.07, 6.45) is 10.8. The van der Waals surface area contributed by atoms with Gasteiger partial charge in [-0.05, 0) is 36.8 Å². The van der Waals surface area contributed by atoms with E-state index in [1.54, 1.807) is 0 Å². The second-order valence-electron chi connectivity index (χ2n) is 4.17. The van der Waals surface area contributed by atoms with E-state index in [1.165, 1.54) is 44.1 Å². The fourth-order valence-corrected chi connectivity index (χ4v) is 2.25. The summed E-state index contributed by atoms with van der Waals surface area (Å²) in [5, 5.41) is 0. The highest BCUT2D eigenvalue weighted by molar-refractivity contribution is 5.21. The molecule has 1 aromatic rings. The number of hydrogen-bond acceptors (Lipinski definition) is 0. The van der Waals surface area contributed by atoms with Crippen molar-refractivity contribution in [2.75, 3.05) is 0 Å². The van der Waals surface area contributed by atoms with Crippen molar-refractivity contribution in [2.45, 2.75) is 44.4 Å². The third-order valence-electron chi connectivity index (χ3n) is 3.09. The molecule has 0 nitrogen and oxygen atoms in total. The summed E-state index contributed by atoms with van der Waals surface area (Å²) in [6, 6.07) is 11.6. The van der Waals surface area contributed by atoms with E-state index < -0.39 is 0 Å². The second-order valence-corrected chi connectivity index (χ2v) is 4.17. The van der Waals surface area contributed by atoms with Crippen molar-refractivity contribution < 1.29 is 0 Å². The summed E-state index contributed by atoms with van der Waals surface area (Å²) >= 11 is 0. The predicted octanol–water partition coefficient (Wildman–Crippen LogP) is 4.13. The molecule has 0 bridgehead atoms. The lowest BCUT2D eigenvalue weighted by Crippen LogP contribution is -2.02. The molecule has 0 heteroatoms. The summed E-state index contributed by atoms with van der Waals surface area (Å²) in [5.41, 5.74) is 1.48. The fourth-order valence-electron chi connectivity index (χ4n) is 2.25. The van der Waals surface area contributed by atoms with Gasteiger partial charge in [0.15, 0.2) is 0 Å². The van der Waals surface area contributed by atoms with Gasteiger partial charge in [0.1, 0.15) is 0 Å². The van der Waals surface area contributed by atoms with Gasteiger partial charge in [-0.15, -0.1) is 0 Å². The molecular formula is C14H18. The number of benzene rings is 1. The maximum Gasteiger partial charge on any atom is -0.0131 e. The third-order valence-corrected chi connectivity index (χ3v) is 3.09. The van der Waals surface area contributed by atoms with E-state index >= 15 is 0 Å². The minimum Gasteiger partial charge on any atom is -0.0581 e. The van der Waals surface area contributed by atoms with Crippen molar-refractivity contribution in [3.63, 3.8) is 0 Å². The van der Waals surface area contributed by atoms with Gasteiger partial charge < -0.3 is 0 Å². The van der Waals surface area contributed by atoms with Crippen molar-refractivity contribution >= 4 is 0 Å². The highest BCUT2D eigenvalue weighted by Crippen LogP contribution is 2.29. The van der Waals surface area contributed by atoms with Gasteiger partial charge in [0.05, 0.1) is 0 Å². The first kappa shape index (κ1) is 9.76. The summed E-state index contributed by atoms with van der Waals surface area (Å²) < 4.78 is 0. The monoisotopic (exact) mass is 186 g/mol. The van der Waals surface area contributed by atoms with Crippen LogP contribution in [-0.4, -0.2) is 0 Å². The topological polar surface area (TPSA) is 0 Å². The molecule has 0 N–H and O–H groups in total. The standard InChI is InChI=1S/C14H18/c1-2-5-9-13(10-6-3-1)14-11-7-4-8-12-14/h7-9,11-13H,1-3,5-6,10H2. The molecule has 1 aliphatic carbocycles. The van der Waals surface area contributed by atoms with E-state index in [4.69, 9.17) is 0 Å². The van der Waals surface area contributed by atoms with Crippen LogP contribution in [0.4, 0.5) is 0 Å². The second kappa shape index (κ2) is 5.19. The molecule has 0 saturated heterocycles. The summed E-state index contributed by atoms with van der Waals surface area (Å²) in [6.45, 7) is 0. The summed E-state index contributed by atoms with van der Waals surface area (Å²) in [4.78, 5) is 0. The zero-order valence-corrected chi connectivity index (χ0v) is 8.71. The van der Waals surface area contributed by atoms with Crippen LogP contribution in [0.5, 0.6) is 0 Å². The smallest absolute Gasteiger partial charge is 0.0131 e. The molecule has 14 heavy (non-hydrogen) atoms. The van der Waals surface area contributed by atoms with Crippen LogP contribution in [0.2, 0.25) is 0 Å². The minimum absolute atomic E-state index is 0.699. The average molecular weight is 186 g/mol. The molecule has 0 aromatic heterocycles. The van der Waals surface area contributed by atoms with E-state index in [1.807, 2.05) is 12.1 Å². The third kappa shape index (κ3) is 2.60. The highest BCUT2D eigenvalue weighted by atomic mass is 14.2. The van der Waals surface area contributed by atoms with Crippen LogP contribution in [-0.2, 0) is 0 Å². The van der Waals surface area contributed by atoms with E-state index in [9.17, 15) is 0 Å². The molecule has 0 amide bonds. The SMILES string of the molecule is [c]1ccc(C2[CH]CCCCCC2)cc1. The minimum atomic E-state index is 0.699. The molecule has 2 rings (SSSR count). The zero-order valence-electron chi connectivity index (χ0n) is 8.71. The van der Waals surface area contributed by atoms with Crippen molar-refractivity contribution in [1.29, 1.82) is 0 Å². The van der Waals surface area contributed by atoms with Gasteiger partial charge in [0.25, 0.3) is 0 Å². The fraction of sp³-hybridized carbons (Fsp3) is 0.500. The molecule has 1 saturated carbocycles. The Bertz CT molecular complexity index is 242. The Morgan fingerprint density at radius 3 is 2.64 bits per heavy atom. The molecule has 1 atom stereocenters. The normalized spacial score (nSPS) is 20.0. The van der Waals surface area contributed by atoms with Crippen molar-refractivity contribution in [3.8, 4) is 0 Å². The lowest BCUT2D eigenvalue weighted by molar-refractivity contribution is 0.525. The maximum absolute atomic E-state index is 3.09.